The Morgan fingerprint density at radius 2 is 2.14 bits per heavy atom. The minimum atomic E-state index is -1.08. The van der Waals surface area contributed by atoms with Gasteiger partial charge in [-0.15, -0.1) is 11.8 Å². The highest BCUT2D eigenvalue weighted by Gasteiger charge is 2.24. The van der Waals surface area contributed by atoms with Crippen LogP contribution < -0.4 is 0 Å². The fraction of sp³-hybridized carbons (Fsp3) is 0.444. The van der Waals surface area contributed by atoms with E-state index >= 15 is 0 Å². The van der Waals surface area contributed by atoms with Crippen LogP contribution in [0.5, 0.6) is 0 Å². The average molecular weight is 312 g/mol. The van der Waals surface area contributed by atoms with E-state index < -0.39 is 8.07 Å². The third-order valence-corrected chi connectivity index (χ3v) is 4.75. The SMILES string of the molecule is C[Si](C)(C)CC#CCCN1C=CC(=O)CC1c1ccccn1. The van der Waals surface area contributed by atoms with Crippen LogP contribution in [0, 0.1) is 11.8 Å². The summed E-state index contributed by atoms with van der Waals surface area (Å²) < 4.78 is 0. The zero-order valence-corrected chi connectivity index (χ0v) is 14.7. The Bertz CT molecular complexity index is 593. The number of rotatable bonds is 4. The Balaban J connectivity index is 1.98. The summed E-state index contributed by atoms with van der Waals surface area (Å²) in [7, 11) is -1.08. The molecule has 1 aliphatic rings. The molecule has 0 spiro atoms. The zero-order valence-electron chi connectivity index (χ0n) is 13.7. The smallest absolute Gasteiger partial charge is 0.159 e. The van der Waals surface area contributed by atoms with Gasteiger partial charge in [-0.3, -0.25) is 9.78 Å². The lowest BCUT2D eigenvalue weighted by molar-refractivity contribution is -0.116. The third kappa shape index (κ3) is 5.16. The first-order valence-electron chi connectivity index (χ1n) is 7.79. The fourth-order valence-electron chi connectivity index (χ4n) is 2.34. The maximum atomic E-state index is 11.7. The van der Waals surface area contributed by atoms with Crippen LogP contribution in [0.4, 0.5) is 0 Å². The summed E-state index contributed by atoms with van der Waals surface area (Å²) in [6.07, 6.45) is 6.66. The Morgan fingerprint density at radius 3 is 2.82 bits per heavy atom. The molecule has 0 aromatic carbocycles. The van der Waals surface area contributed by atoms with Gasteiger partial charge < -0.3 is 4.90 Å². The third-order valence-electron chi connectivity index (χ3n) is 3.51. The Kier molecular flexibility index (Phi) is 5.56. The molecule has 0 aliphatic carbocycles. The number of hydrogen-bond donors (Lipinski definition) is 0. The van der Waals surface area contributed by atoms with E-state index in [9.17, 15) is 4.79 Å². The average Bonchev–Trinajstić information content (AvgIpc) is 2.48. The van der Waals surface area contributed by atoms with Gasteiger partial charge in [0.15, 0.2) is 5.78 Å². The quantitative estimate of drug-likeness (QED) is 0.628. The Labute approximate surface area is 134 Å². The second-order valence-electron chi connectivity index (χ2n) is 6.84. The minimum absolute atomic E-state index is 0.0393. The molecule has 22 heavy (non-hydrogen) atoms. The van der Waals surface area contributed by atoms with E-state index in [4.69, 9.17) is 0 Å². The lowest BCUT2D eigenvalue weighted by Crippen LogP contribution is -2.30. The fourth-order valence-corrected chi connectivity index (χ4v) is 2.99. The Morgan fingerprint density at radius 1 is 1.32 bits per heavy atom. The van der Waals surface area contributed by atoms with Crippen molar-refractivity contribution in [1.82, 2.24) is 9.88 Å². The summed E-state index contributed by atoms with van der Waals surface area (Å²) in [5, 5.41) is 0. The monoisotopic (exact) mass is 312 g/mol. The summed E-state index contributed by atoms with van der Waals surface area (Å²) in [5.41, 5.74) is 0.954. The van der Waals surface area contributed by atoms with Crippen LogP contribution >= 0.6 is 0 Å². The van der Waals surface area contributed by atoms with Crippen LogP contribution in [-0.4, -0.2) is 30.3 Å². The van der Waals surface area contributed by atoms with Gasteiger partial charge in [-0.05, 0) is 18.2 Å². The molecule has 0 saturated carbocycles. The molecule has 0 saturated heterocycles. The predicted octanol–water partition coefficient (Wildman–Crippen LogP) is 3.64. The van der Waals surface area contributed by atoms with Crippen LogP contribution in [0.25, 0.3) is 0 Å². The van der Waals surface area contributed by atoms with Crippen molar-refractivity contribution in [2.45, 2.75) is 44.6 Å². The van der Waals surface area contributed by atoms with Gasteiger partial charge >= 0.3 is 0 Å². The van der Waals surface area contributed by atoms with Crippen molar-refractivity contribution in [3.05, 3.63) is 42.4 Å². The van der Waals surface area contributed by atoms with Crippen LogP contribution in [0.3, 0.4) is 0 Å². The van der Waals surface area contributed by atoms with Crippen molar-refractivity contribution in [2.75, 3.05) is 6.54 Å². The number of hydrogen-bond acceptors (Lipinski definition) is 3. The number of allylic oxidation sites excluding steroid dienone is 1. The molecule has 0 amide bonds. The molecular weight excluding hydrogens is 288 g/mol. The number of aromatic nitrogens is 1. The Hall–Kier alpha value is -1.86. The van der Waals surface area contributed by atoms with Gasteiger partial charge in [0.1, 0.15) is 0 Å². The molecule has 3 nitrogen and oxygen atoms in total. The molecule has 2 rings (SSSR count). The van der Waals surface area contributed by atoms with Gasteiger partial charge in [-0.2, -0.15) is 0 Å². The molecule has 0 radical (unpaired) electrons. The van der Waals surface area contributed by atoms with E-state index in [1.165, 1.54) is 0 Å². The standard InChI is InChI=1S/C18H24N2OSi/c1-22(2,3)14-8-4-7-12-20-13-10-16(21)15-18(20)17-9-5-6-11-19-17/h5-6,9-11,13,18H,7,12,14-15H2,1-3H3. The zero-order chi connectivity index (χ0) is 16.0. The highest BCUT2D eigenvalue weighted by atomic mass is 28.3. The molecule has 0 fully saturated rings. The van der Waals surface area contributed by atoms with Gasteiger partial charge in [0.25, 0.3) is 0 Å². The number of carbonyl (C=O) groups is 1. The molecular formula is C18H24N2OSi. The largest absolute Gasteiger partial charge is 0.367 e. The van der Waals surface area contributed by atoms with Crippen LogP contribution in [0.1, 0.15) is 24.6 Å². The lowest BCUT2D eigenvalue weighted by atomic mass is 10.0. The van der Waals surface area contributed by atoms with E-state index in [1.807, 2.05) is 24.4 Å². The number of carbonyl (C=O) groups excluding carboxylic acids is 1. The van der Waals surface area contributed by atoms with Crippen molar-refractivity contribution in [3.63, 3.8) is 0 Å². The summed E-state index contributed by atoms with van der Waals surface area (Å²) in [6, 6.07) is 6.94. The summed E-state index contributed by atoms with van der Waals surface area (Å²) in [5.74, 6) is 6.75. The predicted molar refractivity (Wildman–Crippen MR) is 93.0 cm³/mol. The van der Waals surface area contributed by atoms with Gasteiger partial charge in [0.05, 0.1) is 19.8 Å². The minimum Gasteiger partial charge on any atom is -0.367 e. The molecule has 116 valence electrons. The van der Waals surface area contributed by atoms with E-state index in [-0.39, 0.29) is 11.8 Å². The van der Waals surface area contributed by atoms with E-state index in [0.717, 1.165) is 24.7 Å². The van der Waals surface area contributed by atoms with E-state index in [1.54, 1.807) is 12.3 Å². The van der Waals surface area contributed by atoms with Crippen LogP contribution in [0.2, 0.25) is 25.7 Å². The van der Waals surface area contributed by atoms with Crippen LogP contribution in [0.15, 0.2) is 36.7 Å². The molecule has 1 unspecified atom stereocenters. The van der Waals surface area contributed by atoms with E-state index in [0.29, 0.717) is 6.42 Å². The van der Waals surface area contributed by atoms with Crippen molar-refractivity contribution in [1.29, 1.82) is 0 Å². The molecule has 1 aromatic rings. The highest BCUT2D eigenvalue weighted by Crippen LogP contribution is 2.26. The highest BCUT2D eigenvalue weighted by molar-refractivity contribution is 6.76. The van der Waals surface area contributed by atoms with Gasteiger partial charge in [0, 0.05) is 37.8 Å². The maximum Gasteiger partial charge on any atom is 0.159 e. The van der Waals surface area contributed by atoms with Gasteiger partial charge in [0.2, 0.25) is 0 Å². The first-order valence-corrected chi connectivity index (χ1v) is 11.5. The van der Waals surface area contributed by atoms with Crippen molar-refractivity contribution in [3.8, 4) is 11.8 Å². The second kappa shape index (κ2) is 7.41. The van der Waals surface area contributed by atoms with Crippen molar-refractivity contribution >= 4 is 13.9 Å². The molecule has 1 atom stereocenters. The summed E-state index contributed by atoms with van der Waals surface area (Å²) in [4.78, 5) is 18.3. The maximum absolute atomic E-state index is 11.7. The van der Waals surface area contributed by atoms with Crippen molar-refractivity contribution < 1.29 is 4.79 Å². The second-order valence-corrected chi connectivity index (χ2v) is 12.3. The number of nitrogens with zero attached hydrogens (tertiary/aromatic N) is 2. The molecule has 0 N–H and O–H groups in total. The lowest BCUT2D eigenvalue weighted by Gasteiger charge is -2.31. The molecule has 2 heterocycles. The first-order chi connectivity index (χ1) is 10.5. The molecule has 1 aliphatic heterocycles. The molecule has 1 aromatic heterocycles. The van der Waals surface area contributed by atoms with Gasteiger partial charge in [-0.25, -0.2) is 0 Å². The topological polar surface area (TPSA) is 33.2 Å². The van der Waals surface area contributed by atoms with Crippen LogP contribution in [-0.2, 0) is 4.79 Å². The van der Waals surface area contributed by atoms with Crippen molar-refractivity contribution in [2.24, 2.45) is 0 Å². The first kappa shape index (κ1) is 16.5. The number of pyridine rings is 1. The molecule has 0 bridgehead atoms. The molecule has 4 heteroatoms. The summed E-state index contributed by atoms with van der Waals surface area (Å²) >= 11 is 0. The number of ketones is 1. The van der Waals surface area contributed by atoms with E-state index in [2.05, 4.69) is 41.4 Å². The van der Waals surface area contributed by atoms with Gasteiger partial charge in [-0.1, -0.05) is 25.7 Å². The normalized spacial score (nSPS) is 18.0. The summed E-state index contributed by atoms with van der Waals surface area (Å²) in [6.45, 7) is 7.83.